The molecule has 1 rings (SSSR count). The van der Waals surface area contributed by atoms with Crippen molar-refractivity contribution in [2.45, 2.75) is 33.6 Å². The quantitative estimate of drug-likeness (QED) is 0.428. The molecule has 0 N–H and O–H groups in total. The van der Waals surface area contributed by atoms with Crippen LogP contribution in [0, 0.1) is 13.8 Å². The number of aryl methyl sites for hydroxylation is 2. The number of benzene rings is 1. The van der Waals surface area contributed by atoms with Crippen molar-refractivity contribution in [1.82, 2.24) is 0 Å². The second-order valence-electron chi connectivity index (χ2n) is 4.69. The zero-order valence-corrected chi connectivity index (χ0v) is 12.0. The van der Waals surface area contributed by atoms with Gasteiger partial charge in [-0.2, -0.15) is 0 Å². The van der Waals surface area contributed by atoms with E-state index >= 15 is 0 Å². The summed E-state index contributed by atoms with van der Waals surface area (Å²) in [6, 6.07) is 6.10. The molecule has 0 amide bonds. The van der Waals surface area contributed by atoms with Crippen LogP contribution in [0.2, 0.25) is 0 Å². The topological polar surface area (TPSA) is 35.5 Å². The third kappa shape index (κ3) is 5.16. The molecule has 0 heterocycles. The first-order chi connectivity index (χ1) is 9.02. The van der Waals surface area contributed by atoms with Gasteiger partial charge in [0.25, 0.3) is 0 Å². The molecule has 104 valence electrons. The lowest BCUT2D eigenvalue weighted by Crippen LogP contribution is -2.08. The second-order valence-corrected chi connectivity index (χ2v) is 4.69. The fourth-order valence-electron chi connectivity index (χ4n) is 1.69. The monoisotopic (exact) mass is 262 g/mol. The van der Waals surface area contributed by atoms with E-state index in [1.807, 2.05) is 32.0 Å². The Balaban J connectivity index is 2.21. The van der Waals surface area contributed by atoms with Crippen LogP contribution in [0.25, 0.3) is 0 Å². The van der Waals surface area contributed by atoms with Crippen molar-refractivity contribution in [3.05, 3.63) is 41.5 Å². The third-order valence-corrected chi connectivity index (χ3v) is 2.78. The lowest BCUT2D eigenvalue weighted by molar-refractivity contribution is -0.139. The first-order valence-electron chi connectivity index (χ1n) is 6.54. The molecule has 0 aliphatic rings. The van der Waals surface area contributed by atoms with E-state index in [9.17, 15) is 4.79 Å². The zero-order chi connectivity index (χ0) is 14.3. The zero-order valence-electron chi connectivity index (χ0n) is 12.0. The van der Waals surface area contributed by atoms with E-state index < -0.39 is 0 Å². The summed E-state index contributed by atoms with van der Waals surface area (Å²) in [6.07, 6.45) is 1.65. The van der Waals surface area contributed by atoms with Crippen molar-refractivity contribution >= 4 is 5.97 Å². The predicted molar refractivity (Wildman–Crippen MR) is 76.4 cm³/mol. The number of hydrogen-bond acceptors (Lipinski definition) is 3. The van der Waals surface area contributed by atoms with Crippen LogP contribution < -0.4 is 4.74 Å². The van der Waals surface area contributed by atoms with Crippen molar-refractivity contribution in [3.63, 3.8) is 0 Å². The van der Waals surface area contributed by atoms with Gasteiger partial charge in [-0.25, -0.2) is 4.79 Å². The van der Waals surface area contributed by atoms with E-state index in [0.717, 1.165) is 29.7 Å². The summed E-state index contributed by atoms with van der Waals surface area (Å²) >= 11 is 0. The van der Waals surface area contributed by atoms with Crippen LogP contribution in [-0.2, 0) is 9.53 Å². The van der Waals surface area contributed by atoms with E-state index in [-0.39, 0.29) is 5.97 Å². The van der Waals surface area contributed by atoms with Gasteiger partial charge in [-0.1, -0.05) is 24.8 Å². The van der Waals surface area contributed by atoms with Gasteiger partial charge in [0.2, 0.25) is 0 Å². The number of ether oxygens (including phenoxy) is 2. The molecule has 0 saturated heterocycles. The Morgan fingerprint density at radius 1 is 1.16 bits per heavy atom. The van der Waals surface area contributed by atoms with Crippen LogP contribution in [0.15, 0.2) is 30.4 Å². The number of rotatable bonds is 7. The first-order valence-corrected chi connectivity index (χ1v) is 6.54. The number of carbonyl (C=O) groups excluding carboxylic acids is 1. The molecule has 0 atom stereocenters. The normalized spacial score (nSPS) is 10.1. The summed E-state index contributed by atoms with van der Waals surface area (Å²) in [5.74, 6) is 0.636. The number of unbranched alkanes of at least 4 members (excludes halogenated alkanes) is 1. The molecule has 0 spiro atoms. The maximum atomic E-state index is 11.1. The van der Waals surface area contributed by atoms with Gasteiger partial charge < -0.3 is 9.47 Å². The van der Waals surface area contributed by atoms with Crippen molar-refractivity contribution < 1.29 is 14.3 Å². The number of esters is 1. The summed E-state index contributed by atoms with van der Waals surface area (Å²) in [4.78, 5) is 11.1. The fourth-order valence-corrected chi connectivity index (χ4v) is 1.69. The Morgan fingerprint density at radius 2 is 1.74 bits per heavy atom. The molecule has 0 unspecified atom stereocenters. The number of hydrogen-bond donors (Lipinski definition) is 0. The van der Waals surface area contributed by atoms with Crippen molar-refractivity contribution in [3.8, 4) is 5.75 Å². The molecular weight excluding hydrogens is 240 g/mol. The Bertz CT molecular complexity index is 429. The standard InChI is InChI=1S/C16H22O3/c1-12(2)16(17)19-11-6-5-10-18-15-13(3)8-7-9-14(15)4/h7-9H,1,5-6,10-11H2,2-4H3. The van der Waals surface area contributed by atoms with Crippen LogP contribution in [0.5, 0.6) is 5.75 Å². The highest BCUT2D eigenvalue weighted by Crippen LogP contribution is 2.22. The lowest BCUT2D eigenvalue weighted by atomic mass is 10.1. The molecule has 0 saturated carbocycles. The molecule has 3 heteroatoms. The summed E-state index contributed by atoms with van der Waals surface area (Å²) in [7, 11) is 0. The summed E-state index contributed by atoms with van der Waals surface area (Å²) in [6.45, 7) is 10.3. The van der Waals surface area contributed by atoms with Gasteiger partial charge in [-0.3, -0.25) is 0 Å². The maximum absolute atomic E-state index is 11.1. The Labute approximate surface area is 115 Å². The Morgan fingerprint density at radius 3 is 2.32 bits per heavy atom. The van der Waals surface area contributed by atoms with Gasteiger partial charge in [0.05, 0.1) is 13.2 Å². The van der Waals surface area contributed by atoms with Crippen LogP contribution in [0.1, 0.15) is 30.9 Å². The van der Waals surface area contributed by atoms with Gasteiger partial charge in [-0.15, -0.1) is 0 Å². The van der Waals surface area contributed by atoms with Crippen molar-refractivity contribution in [2.24, 2.45) is 0 Å². The largest absolute Gasteiger partial charge is 0.493 e. The first kappa shape index (κ1) is 15.3. The van der Waals surface area contributed by atoms with Crippen LogP contribution in [0.3, 0.4) is 0 Å². The fraction of sp³-hybridized carbons (Fsp3) is 0.438. The molecule has 0 fully saturated rings. The molecule has 0 radical (unpaired) electrons. The molecule has 3 nitrogen and oxygen atoms in total. The van der Waals surface area contributed by atoms with Gasteiger partial charge in [0.1, 0.15) is 5.75 Å². The minimum Gasteiger partial charge on any atom is -0.493 e. The van der Waals surface area contributed by atoms with Crippen molar-refractivity contribution in [1.29, 1.82) is 0 Å². The van der Waals surface area contributed by atoms with E-state index in [4.69, 9.17) is 9.47 Å². The van der Waals surface area contributed by atoms with Gasteiger partial charge in [0, 0.05) is 5.57 Å². The molecule has 0 aliphatic heterocycles. The van der Waals surface area contributed by atoms with Gasteiger partial charge >= 0.3 is 5.97 Å². The number of para-hydroxylation sites is 1. The van der Waals surface area contributed by atoms with Gasteiger partial charge in [-0.05, 0) is 44.7 Å². The second kappa shape index (κ2) is 7.62. The highest BCUT2D eigenvalue weighted by atomic mass is 16.5. The van der Waals surface area contributed by atoms with E-state index in [1.165, 1.54) is 0 Å². The summed E-state index contributed by atoms with van der Waals surface area (Å²) in [5, 5.41) is 0. The van der Waals surface area contributed by atoms with Gasteiger partial charge in [0.15, 0.2) is 0 Å². The van der Waals surface area contributed by atoms with Crippen molar-refractivity contribution in [2.75, 3.05) is 13.2 Å². The smallest absolute Gasteiger partial charge is 0.333 e. The molecule has 19 heavy (non-hydrogen) atoms. The Hall–Kier alpha value is -1.77. The molecular formula is C16H22O3. The molecule has 1 aromatic carbocycles. The lowest BCUT2D eigenvalue weighted by Gasteiger charge is -2.11. The van der Waals surface area contributed by atoms with Crippen LogP contribution in [0.4, 0.5) is 0 Å². The molecule has 0 bridgehead atoms. The highest BCUT2D eigenvalue weighted by Gasteiger charge is 2.04. The van der Waals surface area contributed by atoms with Crippen LogP contribution in [-0.4, -0.2) is 19.2 Å². The average Bonchev–Trinajstić information content (AvgIpc) is 2.36. The van der Waals surface area contributed by atoms with E-state index in [2.05, 4.69) is 6.58 Å². The van der Waals surface area contributed by atoms with E-state index in [1.54, 1.807) is 6.92 Å². The van der Waals surface area contributed by atoms with Crippen LogP contribution >= 0.6 is 0 Å². The summed E-state index contributed by atoms with van der Waals surface area (Å²) in [5.41, 5.74) is 2.73. The maximum Gasteiger partial charge on any atom is 0.333 e. The summed E-state index contributed by atoms with van der Waals surface area (Å²) < 4.78 is 10.8. The SMILES string of the molecule is C=C(C)C(=O)OCCCCOc1c(C)cccc1C. The minimum atomic E-state index is -0.323. The third-order valence-electron chi connectivity index (χ3n) is 2.78. The highest BCUT2D eigenvalue weighted by molar-refractivity contribution is 5.86. The predicted octanol–water partition coefficient (Wildman–Crippen LogP) is 3.58. The van der Waals surface area contributed by atoms with E-state index in [0.29, 0.717) is 18.8 Å². The Kier molecular flexibility index (Phi) is 6.13. The molecule has 1 aromatic rings. The molecule has 0 aliphatic carbocycles. The average molecular weight is 262 g/mol. The number of carbonyl (C=O) groups is 1. The minimum absolute atomic E-state index is 0.323. The molecule has 0 aromatic heterocycles.